The summed E-state index contributed by atoms with van der Waals surface area (Å²) in [5.41, 5.74) is 6.00. The Balaban J connectivity index is 4.21. The molecule has 15 heavy (non-hydrogen) atoms. The van der Waals surface area contributed by atoms with Crippen LogP contribution in [0, 0.1) is 0 Å². The van der Waals surface area contributed by atoms with Crippen LogP contribution in [0.1, 0.15) is 40.5 Å². The first kappa shape index (κ1) is 14.9. The van der Waals surface area contributed by atoms with E-state index in [0.717, 1.165) is 39.3 Å². The van der Waals surface area contributed by atoms with E-state index in [4.69, 9.17) is 10.5 Å². The van der Waals surface area contributed by atoms with Crippen LogP contribution in [0.5, 0.6) is 0 Å². The third kappa shape index (κ3) is 4.96. The Bertz CT molecular complexity index is 147. The maximum atomic E-state index is 5.87. The molecule has 0 spiro atoms. The molecule has 3 nitrogen and oxygen atoms in total. The second kappa shape index (κ2) is 8.08. The van der Waals surface area contributed by atoms with E-state index in [2.05, 4.69) is 25.7 Å². The molecule has 0 fully saturated rings. The largest absolute Gasteiger partial charge is 0.380 e. The van der Waals surface area contributed by atoms with Gasteiger partial charge < -0.3 is 10.5 Å². The molecular formula is C12H28N2O. The van der Waals surface area contributed by atoms with Crippen LogP contribution in [0.2, 0.25) is 0 Å². The second-order valence-electron chi connectivity index (χ2n) is 4.24. The van der Waals surface area contributed by atoms with Crippen molar-refractivity contribution in [2.75, 3.05) is 32.8 Å². The SMILES string of the molecule is CCCN(CCOCC)C(C)(CC)CN. The topological polar surface area (TPSA) is 38.5 Å². The maximum Gasteiger partial charge on any atom is 0.0593 e. The normalized spacial score (nSPS) is 15.6. The van der Waals surface area contributed by atoms with Crippen LogP contribution in [-0.4, -0.2) is 43.3 Å². The van der Waals surface area contributed by atoms with Gasteiger partial charge in [0.1, 0.15) is 0 Å². The molecule has 0 aliphatic rings. The lowest BCUT2D eigenvalue weighted by Crippen LogP contribution is -2.52. The summed E-state index contributed by atoms with van der Waals surface area (Å²) < 4.78 is 5.41. The fourth-order valence-corrected chi connectivity index (χ4v) is 1.74. The molecule has 0 aliphatic heterocycles. The van der Waals surface area contributed by atoms with Gasteiger partial charge in [0.15, 0.2) is 0 Å². The van der Waals surface area contributed by atoms with Crippen molar-refractivity contribution >= 4 is 0 Å². The first-order valence-electron chi connectivity index (χ1n) is 6.17. The molecule has 0 heterocycles. The summed E-state index contributed by atoms with van der Waals surface area (Å²) in [6, 6.07) is 0. The molecule has 0 saturated heterocycles. The van der Waals surface area contributed by atoms with E-state index >= 15 is 0 Å². The summed E-state index contributed by atoms with van der Waals surface area (Å²) in [5, 5.41) is 0. The highest BCUT2D eigenvalue weighted by atomic mass is 16.5. The van der Waals surface area contributed by atoms with Gasteiger partial charge in [0.2, 0.25) is 0 Å². The Hall–Kier alpha value is -0.120. The van der Waals surface area contributed by atoms with Crippen LogP contribution in [0.3, 0.4) is 0 Å². The maximum absolute atomic E-state index is 5.87. The zero-order chi connectivity index (χ0) is 11.7. The van der Waals surface area contributed by atoms with E-state index < -0.39 is 0 Å². The number of hydrogen-bond acceptors (Lipinski definition) is 3. The van der Waals surface area contributed by atoms with Crippen molar-refractivity contribution in [3.05, 3.63) is 0 Å². The molecule has 0 bridgehead atoms. The van der Waals surface area contributed by atoms with Gasteiger partial charge in [-0.3, -0.25) is 4.90 Å². The smallest absolute Gasteiger partial charge is 0.0593 e. The summed E-state index contributed by atoms with van der Waals surface area (Å²) in [7, 11) is 0. The first-order chi connectivity index (χ1) is 7.14. The van der Waals surface area contributed by atoms with Crippen LogP contribution in [0.4, 0.5) is 0 Å². The van der Waals surface area contributed by atoms with Crippen molar-refractivity contribution in [2.45, 2.75) is 46.1 Å². The molecule has 0 aliphatic carbocycles. The Morgan fingerprint density at radius 1 is 1.20 bits per heavy atom. The molecule has 0 aromatic carbocycles. The number of nitrogens with two attached hydrogens (primary N) is 1. The fraction of sp³-hybridized carbons (Fsp3) is 1.00. The van der Waals surface area contributed by atoms with E-state index in [1.807, 2.05) is 6.92 Å². The number of nitrogens with zero attached hydrogens (tertiary/aromatic N) is 1. The Labute approximate surface area is 95.0 Å². The predicted octanol–water partition coefficient (Wildman–Crippen LogP) is 1.86. The third-order valence-electron chi connectivity index (χ3n) is 3.17. The van der Waals surface area contributed by atoms with Gasteiger partial charge in [0, 0.05) is 25.2 Å². The summed E-state index contributed by atoms with van der Waals surface area (Å²) >= 11 is 0. The minimum atomic E-state index is 0.132. The molecule has 92 valence electrons. The second-order valence-corrected chi connectivity index (χ2v) is 4.24. The Kier molecular flexibility index (Phi) is 8.02. The zero-order valence-electron chi connectivity index (χ0n) is 10.9. The van der Waals surface area contributed by atoms with Crippen LogP contribution in [0.15, 0.2) is 0 Å². The fourth-order valence-electron chi connectivity index (χ4n) is 1.74. The van der Waals surface area contributed by atoms with E-state index in [1.54, 1.807) is 0 Å². The quantitative estimate of drug-likeness (QED) is 0.598. The van der Waals surface area contributed by atoms with E-state index in [0.29, 0.717) is 0 Å². The van der Waals surface area contributed by atoms with E-state index in [1.165, 1.54) is 6.42 Å². The molecule has 0 radical (unpaired) electrons. The van der Waals surface area contributed by atoms with Crippen molar-refractivity contribution in [3.8, 4) is 0 Å². The van der Waals surface area contributed by atoms with Crippen LogP contribution in [0.25, 0.3) is 0 Å². The zero-order valence-corrected chi connectivity index (χ0v) is 10.9. The van der Waals surface area contributed by atoms with Gasteiger partial charge in [-0.2, -0.15) is 0 Å². The van der Waals surface area contributed by atoms with Crippen molar-refractivity contribution < 1.29 is 4.74 Å². The van der Waals surface area contributed by atoms with Crippen molar-refractivity contribution in [1.82, 2.24) is 4.90 Å². The van der Waals surface area contributed by atoms with Crippen molar-refractivity contribution in [3.63, 3.8) is 0 Å². The number of hydrogen-bond donors (Lipinski definition) is 1. The van der Waals surface area contributed by atoms with Crippen molar-refractivity contribution in [2.24, 2.45) is 5.73 Å². The van der Waals surface area contributed by atoms with Gasteiger partial charge in [-0.25, -0.2) is 0 Å². The van der Waals surface area contributed by atoms with Gasteiger partial charge in [-0.15, -0.1) is 0 Å². The predicted molar refractivity (Wildman–Crippen MR) is 66.1 cm³/mol. The standard InChI is InChI=1S/C12H28N2O/c1-5-8-14(9-10-15-7-3)12(4,6-2)11-13/h5-11,13H2,1-4H3. The molecule has 0 rings (SSSR count). The highest BCUT2D eigenvalue weighted by Crippen LogP contribution is 2.17. The highest BCUT2D eigenvalue weighted by molar-refractivity contribution is 4.85. The number of rotatable bonds is 9. The number of ether oxygens (including phenoxy) is 1. The molecule has 3 heteroatoms. The van der Waals surface area contributed by atoms with Crippen LogP contribution in [-0.2, 0) is 4.74 Å². The first-order valence-corrected chi connectivity index (χ1v) is 6.17. The van der Waals surface area contributed by atoms with Gasteiger partial charge in [0.05, 0.1) is 6.61 Å². The van der Waals surface area contributed by atoms with Crippen LogP contribution < -0.4 is 5.73 Å². The highest BCUT2D eigenvalue weighted by Gasteiger charge is 2.27. The summed E-state index contributed by atoms with van der Waals surface area (Å²) in [5.74, 6) is 0. The van der Waals surface area contributed by atoms with Gasteiger partial charge in [-0.1, -0.05) is 13.8 Å². The van der Waals surface area contributed by atoms with Gasteiger partial charge >= 0.3 is 0 Å². The van der Waals surface area contributed by atoms with E-state index in [9.17, 15) is 0 Å². The average molecular weight is 216 g/mol. The lowest BCUT2D eigenvalue weighted by atomic mass is 9.96. The average Bonchev–Trinajstić information content (AvgIpc) is 2.27. The summed E-state index contributed by atoms with van der Waals surface area (Å²) in [6.07, 6.45) is 2.26. The lowest BCUT2D eigenvalue weighted by Gasteiger charge is -2.40. The van der Waals surface area contributed by atoms with Gasteiger partial charge in [-0.05, 0) is 33.2 Å². The minimum Gasteiger partial charge on any atom is -0.380 e. The molecule has 0 saturated carbocycles. The van der Waals surface area contributed by atoms with Gasteiger partial charge in [0.25, 0.3) is 0 Å². The Morgan fingerprint density at radius 2 is 1.87 bits per heavy atom. The summed E-state index contributed by atoms with van der Waals surface area (Å²) in [6.45, 7) is 13.1. The molecule has 2 N–H and O–H groups in total. The van der Waals surface area contributed by atoms with Crippen molar-refractivity contribution in [1.29, 1.82) is 0 Å². The molecular weight excluding hydrogens is 188 g/mol. The molecule has 0 amide bonds. The molecule has 0 aromatic heterocycles. The van der Waals surface area contributed by atoms with E-state index in [-0.39, 0.29) is 5.54 Å². The third-order valence-corrected chi connectivity index (χ3v) is 3.17. The molecule has 1 unspecified atom stereocenters. The molecule has 1 atom stereocenters. The Morgan fingerprint density at radius 3 is 2.27 bits per heavy atom. The summed E-state index contributed by atoms with van der Waals surface area (Å²) in [4.78, 5) is 2.46. The minimum absolute atomic E-state index is 0.132. The lowest BCUT2D eigenvalue weighted by molar-refractivity contribution is 0.0549. The van der Waals surface area contributed by atoms with Crippen LogP contribution >= 0.6 is 0 Å². The monoisotopic (exact) mass is 216 g/mol. The molecule has 0 aromatic rings.